The normalized spacial score (nSPS) is 28.1. The number of allylic oxidation sites excluding steroid dienone is 2. The quantitative estimate of drug-likeness (QED) is 0.522. The predicted octanol–water partition coefficient (Wildman–Crippen LogP) is 1.16. The zero-order valence-corrected chi connectivity index (χ0v) is 8.59. The lowest BCUT2D eigenvalue weighted by Crippen LogP contribution is -2.51. The Labute approximate surface area is 85.3 Å². The molecule has 0 aromatic rings. The Balaban J connectivity index is 2.37. The van der Waals surface area contributed by atoms with Crippen molar-refractivity contribution in [2.75, 3.05) is 0 Å². The van der Waals surface area contributed by atoms with Crippen LogP contribution < -0.4 is 0 Å². The number of carbonyl (C=O) groups is 2. The number of fused-ring (bicyclic) bond motifs is 1. The van der Waals surface area contributed by atoms with E-state index in [0.717, 1.165) is 0 Å². The smallest absolute Gasteiger partial charge is 0.353 e. The zero-order chi connectivity index (χ0) is 10.5. The van der Waals surface area contributed by atoms with E-state index in [0.29, 0.717) is 10.5 Å². The summed E-state index contributed by atoms with van der Waals surface area (Å²) < 4.78 is 0. The zero-order valence-electron chi connectivity index (χ0n) is 7.77. The highest BCUT2D eigenvalue weighted by molar-refractivity contribution is 8.04. The topological polar surface area (TPSA) is 57.6 Å². The van der Waals surface area contributed by atoms with Gasteiger partial charge < -0.3 is 5.11 Å². The lowest BCUT2D eigenvalue weighted by Gasteiger charge is -2.36. The summed E-state index contributed by atoms with van der Waals surface area (Å²) >= 11 is 1.42. The fraction of sp³-hybridized carbons (Fsp3) is 0.333. The molecule has 2 heterocycles. The average molecular weight is 211 g/mol. The molecule has 0 aliphatic carbocycles. The maximum absolute atomic E-state index is 11.5. The van der Waals surface area contributed by atoms with Crippen molar-refractivity contribution < 1.29 is 14.7 Å². The van der Waals surface area contributed by atoms with Gasteiger partial charge in [-0.15, -0.1) is 0 Å². The third-order valence-corrected chi connectivity index (χ3v) is 3.58. The van der Waals surface area contributed by atoms with Gasteiger partial charge in [-0.3, -0.25) is 9.69 Å². The van der Waals surface area contributed by atoms with E-state index in [1.165, 1.54) is 16.7 Å². The minimum atomic E-state index is -1.03. The van der Waals surface area contributed by atoms with E-state index in [-0.39, 0.29) is 17.0 Å². The number of nitrogens with zero attached hydrogens (tertiary/aromatic N) is 1. The van der Waals surface area contributed by atoms with Crippen LogP contribution in [0.5, 0.6) is 0 Å². The van der Waals surface area contributed by atoms with Crippen molar-refractivity contribution in [1.82, 2.24) is 4.90 Å². The minimum Gasteiger partial charge on any atom is -0.477 e. The summed E-state index contributed by atoms with van der Waals surface area (Å²) in [4.78, 5) is 24.4. The Bertz CT molecular complexity index is 397. The summed E-state index contributed by atoms with van der Waals surface area (Å²) in [6, 6.07) is 0. The Morgan fingerprint density at radius 2 is 2.29 bits per heavy atom. The molecule has 2 aliphatic heterocycles. The molecule has 1 fully saturated rings. The Hall–Kier alpha value is -1.23. The van der Waals surface area contributed by atoms with Crippen molar-refractivity contribution in [3.63, 3.8) is 0 Å². The van der Waals surface area contributed by atoms with E-state index < -0.39 is 5.97 Å². The first kappa shape index (κ1) is 9.33. The fourth-order valence-corrected chi connectivity index (χ4v) is 2.97. The van der Waals surface area contributed by atoms with Crippen LogP contribution >= 0.6 is 11.8 Å². The van der Waals surface area contributed by atoms with Crippen LogP contribution in [-0.4, -0.2) is 27.3 Å². The molecule has 1 amide bonds. The van der Waals surface area contributed by atoms with Crippen LogP contribution in [0.1, 0.15) is 13.8 Å². The lowest BCUT2D eigenvalue weighted by atomic mass is 10.1. The molecule has 0 aromatic heterocycles. The molecule has 74 valence electrons. The number of carboxylic acids is 1. The van der Waals surface area contributed by atoms with Gasteiger partial charge in [0.25, 0.3) is 5.91 Å². The van der Waals surface area contributed by atoms with Gasteiger partial charge in [-0.2, -0.15) is 0 Å². The monoisotopic (exact) mass is 211 g/mol. The molecule has 1 atom stereocenters. The number of carbonyl (C=O) groups excluding carboxylic acids is 1. The Morgan fingerprint density at radius 1 is 1.64 bits per heavy atom. The molecule has 1 N–H and O–H groups in total. The summed E-state index contributed by atoms with van der Waals surface area (Å²) in [5.41, 5.74) is 0.834. The van der Waals surface area contributed by atoms with Crippen molar-refractivity contribution in [3.8, 4) is 0 Å². The average Bonchev–Trinajstić information content (AvgIpc) is 2.40. The van der Waals surface area contributed by atoms with E-state index in [2.05, 4.69) is 0 Å². The van der Waals surface area contributed by atoms with Gasteiger partial charge in [-0.05, 0) is 13.8 Å². The molecule has 0 radical (unpaired) electrons. The second-order valence-electron chi connectivity index (χ2n) is 3.10. The Morgan fingerprint density at radius 3 is 2.79 bits per heavy atom. The van der Waals surface area contributed by atoms with E-state index in [9.17, 15) is 9.59 Å². The molecule has 1 saturated heterocycles. The van der Waals surface area contributed by atoms with E-state index in [1.54, 1.807) is 19.9 Å². The van der Waals surface area contributed by atoms with Gasteiger partial charge >= 0.3 is 5.97 Å². The molecule has 2 aliphatic rings. The molecule has 0 aromatic carbocycles. The van der Waals surface area contributed by atoms with Crippen molar-refractivity contribution in [1.29, 1.82) is 0 Å². The van der Waals surface area contributed by atoms with Crippen LogP contribution in [-0.2, 0) is 9.59 Å². The van der Waals surface area contributed by atoms with Crippen molar-refractivity contribution in [2.24, 2.45) is 0 Å². The first-order valence-electron chi connectivity index (χ1n) is 4.18. The van der Waals surface area contributed by atoms with Gasteiger partial charge in [0, 0.05) is 10.5 Å². The lowest BCUT2D eigenvalue weighted by molar-refractivity contribution is -0.141. The molecule has 5 heteroatoms. The number of thioether (sulfide) groups is 1. The third kappa shape index (κ3) is 0.957. The van der Waals surface area contributed by atoms with Gasteiger partial charge in [0.2, 0.25) is 0 Å². The first-order chi connectivity index (χ1) is 6.57. The molecule has 14 heavy (non-hydrogen) atoms. The third-order valence-electron chi connectivity index (χ3n) is 2.34. The van der Waals surface area contributed by atoms with Gasteiger partial charge in [-0.1, -0.05) is 17.8 Å². The highest BCUT2D eigenvalue weighted by Crippen LogP contribution is 2.48. The van der Waals surface area contributed by atoms with Crippen LogP contribution in [0.2, 0.25) is 0 Å². The summed E-state index contributed by atoms with van der Waals surface area (Å²) in [6.45, 7) is 3.52. The summed E-state index contributed by atoms with van der Waals surface area (Å²) in [7, 11) is 0. The summed E-state index contributed by atoms with van der Waals surface area (Å²) in [5, 5.41) is 8.80. The number of aliphatic carboxylic acids is 1. The minimum absolute atomic E-state index is 0.0985. The van der Waals surface area contributed by atoms with Gasteiger partial charge in [-0.25, -0.2) is 4.79 Å². The summed E-state index contributed by atoms with van der Waals surface area (Å²) in [5.74, 6) is -1.21. The van der Waals surface area contributed by atoms with Crippen molar-refractivity contribution >= 4 is 23.6 Å². The van der Waals surface area contributed by atoms with Gasteiger partial charge in [0.05, 0.1) is 0 Å². The largest absolute Gasteiger partial charge is 0.477 e. The molecule has 0 spiro atoms. The number of amides is 1. The molecule has 0 unspecified atom stereocenters. The molecule has 0 bridgehead atoms. The molecular formula is C9H9NO3S. The number of β-lactam (4-membered cyclic amide) rings is 1. The van der Waals surface area contributed by atoms with Gasteiger partial charge in [0.1, 0.15) is 11.1 Å². The van der Waals surface area contributed by atoms with Crippen LogP contribution in [0.15, 0.2) is 22.3 Å². The maximum Gasteiger partial charge on any atom is 0.353 e. The molecule has 4 nitrogen and oxygen atoms in total. The number of hydrogen-bond donors (Lipinski definition) is 1. The van der Waals surface area contributed by atoms with Gasteiger partial charge in [0.15, 0.2) is 0 Å². The van der Waals surface area contributed by atoms with E-state index in [4.69, 9.17) is 5.11 Å². The van der Waals surface area contributed by atoms with E-state index >= 15 is 0 Å². The second kappa shape index (κ2) is 2.88. The Kier molecular flexibility index (Phi) is 1.92. The van der Waals surface area contributed by atoms with Crippen molar-refractivity contribution in [3.05, 3.63) is 22.3 Å². The molecular weight excluding hydrogens is 202 g/mol. The number of carboxylic acid groups (broad SMARTS) is 1. The van der Waals surface area contributed by atoms with Crippen LogP contribution in [0.3, 0.4) is 0 Å². The fourth-order valence-electron chi connectivity index (χ4n) is 1.67. The van der Waals surface area contributed by atoms with Crippen LogP contribution in [0.25, 0.3) is 0 Å². The number of rotatable bonds is 1. The second-order valence-corrected chi connectivity index (χ2v) is 4.39. The maximum atomic E-state index is 11.5. The predicted molar refractivity (Wildman–Crippen MR) is 52.3 cm³/mol. The molecule has 0 saturated carbocycles. The SMILES string of the molecule is C/C=C1/C(=O)N2C(C(=O)O)=C(C)S[C@H]12. The van der Waals surface area contributed by atoms with Crippen LogP contribution in [0.4, 0.5) is 0 Å². The highest BCUT2D eigenvalue weighted by Gasteiger charge is 2.50. The number of hydrogen-bond acceptors (Lipinski definition) is 3. The van der Waals surface area contributed by atoms with Crippen molar-refractivity contribution in [2.45, 2.75) is 19.2 Å². The first-order valence-corrected chi connectivity index (χ1v) is 5.06. The van der Waals surface area contributed by atoms with E-state index in [1.807, 2.05) is 0 Å². The highest BCUT2D eigenvalue weighted by atomic mass is 32.2. The van der Waals surface area contributed by atoms with Crippen LogP contribution in [0, 0.1) is 0 Å². The molecule has 2 rings (SSSR count). The standard InChI is InChI=1S/C9H9NO3S/c1-3-5-7(11)10-6(9(12)13)4(2)14-8(5)10/h3,8H,1-2H3,(H,12,13)/b5-3-/t8-/m1/s1. The summed E-state index contributed by atoms with van der Waals surface area (Å²) in [6.07, 6.45) is 1.74.